The summed E-state index contributed by atoms with van der Waals surface area (Å²) < 4.78 is 2.29. The van der Waals surface area contributed by atoms with Crippen LogP contribution in [-0.4, -0.2) is 36.1 Å². The van der Waals surface area contributed by atoms with E-state index in [0.717, 1.165) is 43.5 Å². The normalized spacial score (nSPS) is 21.0. The average Bonchev–Trinajstić information content (AvgIpc) is 2.72. The summed E-state index contributed by atoms with van der Waals surface area (Å²) in [6, 6.07) is 7.10. The first-order valence-corrected chi connectivity index (χ1v) is 10.1. The molecule has 0 amide bonds. The molecule has 0 spiro atoms. The second-order valence-electron chi connectivity index (χ2n) is 6.71. The van der Waals surface area contributed by atoms with Gasteiger partial charge in [-0.3, -0.25) is 9.88 Å². The van der Waals surface area contributed by atoms with Crippen LogP contribution in [0.4, 0.5) is 0 Å². The van der Waals surface area contributed by atoms with Gasteiger partial charge in [-0.15, -0.1) is 0 Å². The number of rotatable bonds is 1. The molecule has 1 unspecified atom stereocenters. The van der Waals surface area contributed by atoms with E-state index in [2.05, 4.69) is 67.2 Å². The van der Waals surface area contributed by atoms with E-state index < -0.39 is 0 Å². The molecule has 3 nitrogen and oxygen atoms in total. The third kappa shape index (κ3) is 3.07. The molecule has 0 saturated carbocycles. The standard InChI is InChI=1S/C19H21Br2N3/c1-12-8-13-2-3-14-10-15(20)11-23-18(14)19(17(13)16(21)9-12)24-6-4-22-5-7-24/h8-11,19,22H,2-7H2,1H3. The smallest absolute Gasteiger partial charge is 0.0793 e. The van der Waals surface area contributed by atoms with Crippen molar-refractivity contribution in [3.63, 3.8) is 0 Å². The molecule has 1 aromatic heterocycles. The minimum Gasteiger partial charge on any atom is -0.314 e. The zero-order valence-electron chi connectivity index (χ0n) is 13.8. The SMILES string of the molecule is Cc1cc(Br)c2c(c1)CCc1cc(Br)cnc1C2N1CCNCC1. The predicted octanol–water partition coefficient (Wildman–Crippen LogP) is 4.01. The lowest BCUT2D eigenvalue weighted by Crippen LogP contribution is -2.45. The zero-order valence-corrected chi connectivity index (χ0v) is 17.0. The Morgan fingerprint density at radius 2 is 1.83 bits per heavy atom. The Hall–Kier alpha value is -0.750. The van der Waals surface area contributed by atoms with E-state index in [1.807, 2.05) is 6.20 Å². The molecule has 1 aliphatic carbocycles. The third-order valence-electron chi connectivity index (χ3n) is 5.04. The maximum absolute atomic E-state index is 4.87. The third-order valence-corrected chi connectivity index (χ3v) is 6.13. The minimum absolute atomic E-state index is 0.239. The van der Waals surface area contributed by atoms with Crippen LogP contribution >= 0.6 is 31.9 Å². The first-order chi connectivity index (χ1) is 11.6. The highest BCUT2D eigenvalue weighted by Gasteiger charge is 2.32. The van der Waals surface area contributed by atoms with Crippen molar-refractivity contribution < 1.29 is 0 Å². The molecule has 1 N–H and O–H groups in total. The van der Waals surface area contributed by atoms with Gasteiger partial charge in [0.15, 0.2) is 0 Å². The monoisotopic (exact) mass is 449 g/mol. The summed E-state index contributed by atoms with van der Waals surface area (Å²) in [5.74, 6) is 0. The average molecular weight is 451 g/mol. The second kappa shape index (κ2) is 6.87. The zero-order chi connectivity index (χ0) is 16.7. The number of halogens is 2. The van der Waals surface area contributed by atoms with Gasteiger partial charge in [-0.25, -0.2) is 0 Å². The lowest BCUT2D eigenvalue weighted by Gasteiger charge is -2.36. The number of pyridine rings is 1. The highest BCUT2D eigenvalue weighted by molar-refractivity contribution is 9.10. The van der Waals surface area contributed by atoms with E-state index in [4.69, 9.17) is 4.98 Å². The number of hydrogen-bond donors (Lipinski definition) is 1. The van der Waals surface area contributed by atoms with E-state index in [9.17, 15) is 0 Å². The molecule has 2 heterocycles. The molecule has 2 aromatic rings. The molecule has 1 aliphatic heterocycles. The fourth-order valence-corrected chi connectivity index (χ4v) is 5.19. The van der Waals surface area contributed by atoms with Crippen molar-refractivity contribution in [2.75, 3.05) is 26.2 Å². The van der Waals surface area contributed by atoms with Gasteiger partial charge in [-0.1, -0.05) is 22.0 Å². The lowest BCUT2D eigenvalue weighted by atomic mass is 9.94. The maximum Gasteiger partial charge on any atom is 0.0793 e. The summed E-state index contributed by atoms with van der Waals surface area (Å²) >= 11 is 7.46. The fraction of sp³-hybridized carbons (Fsp3) is 0.421. The van der Waals surface area contributed by atoms with Crippen LogP contribution in [0, 0.1) is 6.92 Å². The first-order valence-electron chi connectivity index (χ1n) is 8.51. The topological polar surface area (TPSA) is 28.2 Å². The number of aryl methyl sites for hydroxylation is 3. The number of aromatic nitrogens is 1. The fourth-order valence-electron chi connectivity index (χ4n) is 3.98. The highest BCUT2D eigenvalue weighted by Crippen LogP contribution is 2.40. The van der Waals surface area contributed by atoms with Crippen molar-refractivity contribution in [2.24, 2.45) is 0 Å². The Morgan fingerprint density at radius 1 is 1.08 bits per heavy atom. The number of nitrogens with zero attached hydrogens (tertiary/aromatic N) is 2. The molecule has 0 bridgehead atoms. The maximum atomic E-state index is 4.87. The Morgan fingerprint density at radius 3 is 2.62 bits per heavy atom. The first kappa shape index (κ1) is 16.7. The molecule has 1 atom stereocenters. The molecule has 0 radical (unpaired) electrons. The van der Waals surface area contributed by atoms with Crippen LogP contribution in [-0.2, 0) is 12.8 Å². The van der Waals surface area contributed by atoms with Crippen molar-refractivity contribution in [1.82, 2.24) is 15.2 Å². The summed E-state index contributed by atoms with van der Waals surface area (Å²) in [4.78, 5) is 7.45. The van der Waals surface area contributed by atoms with Crippen LogP contribution in [0.2, 0.25) is 0 Å². The van der Waals surface area contributed by atoms with Crippen LogP contribution in [0.3, 0.4) is 0 Å². The summed E-state index contributed by atoms with van der Waals surface area (Å²) in [5, 5.41) is 3.47. The van der Waals surface area contributed by atoms with Gasteiger partial charge < -0.3 is 5.32 Å². The van der Waals surface area contributed by atoms with E-state index in [0.29, 0.717) is 0 Å². The summed E-state index contributed by atoms with van der Waals surface area (Å²) in [7, 11) is 0. The van der Waals surface area contributed by atoms with E-state index in [1.54, 1.807) is 0 Å². The van der Waals surface area contributed by atoms with Gasteiger partial charge in [0.25, 0.3) is 0 Å². The van der Waals surface area contributed by atoms with Gasteiger partial charge >= 0.3 is 0 Å². The van der Waals surface area contributed by atoms with Crippen molar-refractivity contribution in [1.29, 1.82) is 0 Å². The summed E-state index contributed by atoms with van der Waals surface area (Å²) in [5.41, 5.74) is 6.78. The molecule has 1 saturated heterocycles. The second-order valence-corrected chi connectivity index (χ2v) is 8.48. The number of nitrogens with one attached hydrogen (secondary N) is 1. The molecule has 1 aromatic carbocycles. The summed E-state index contributed by atoms with van der Waals surface area (Å²) in [6.07, 6.45) is 4.07. The Bertz CT molecular complexity index is 769. The van der Waals surface area contributed by atoms with Crippen LogP contribution in [0.5, 0.6) is 0 Å². The van der Waals surface area contributed by atoms with Crippen molar-refractivity contribution in [3.05, 3.63) is 61.3 Å². The van der Waals surface area contributed by atoms with Crippen molar-refractivity contribution >= 4 is 31.9 Å². The Kier molecular flexibility index (Phi) is 4.78. The minimum atomic E-state index is 0.239. The Balaban J connectivity index is 1.91. The van der Waals surface area contributed by atoms with Gasteiger partial charge in [-0.05, 0) is 70.1 Å². The largest absolute Gasteiger partial charge is 0.314 e. The Labute approximate surface area is 160 Å². The van der Waals surface area contributed by atoms with E-state index in [1.165, 1.54) is 32.4 Å². The molecule has 24 heavy (non-hydrogen) atoms. The molecule has 1 fully saturated rings. The predicted molar refractivity (Wildman–Crippen MR) is 105 cm³/mol. The number of piperazine rings is 1. The summed E-state index contributed by atoms with van der Waals surface area (Å²) in [6.45, 7) is 6.38. The quantitative estimate of drug-likeness (QED) is 0.711. The van der Waals surface area contributed by atoms with Crippen LogP contribution in [0.1, 0.15) is 34.0 Å². The number of benzene rings is 1. The van der Waals surface area contributed by atoms with Gasteiger partial charge in [0.2, 0.25) is 0 Å². The molecular weight excluding hydrogens is 430 g/mol. The molecule has 126 valence electrons. The lowest BCUT2D eigenvalue weighted by molar-refractivity contribution is 0.194. The van der Waals surface area contributed by atoms with Gasteiger partial charge in [-0.2, -0.15) is 0 Å². The van der Waals surface area contributed by atoms with Crippen molar-refractivity contribution in [3.8, 4) is 0 Å². The van der Waals surface area contributed by atoms with Gasteiger partial charge in [0.1, 0.15) is 0 Å². The number of hydrogen-bond acceptors (Lipinski definition) is 3. The molecular formula is C19H21Br2N3. The van der Waals surface area contributed by atoms with Crippen LogP contribution in [0.15, 0.2) is 33.3 Å². The van der Waals surface area contributed by atoms with E-state index >= 15 is 0 Å². The van der Waals surface area contributed by atoms with Crippen LogP contribution < -0.4 is 5.32 Å². The van der Waals surface area contributed by atoms with Gasteiger partial charge in [0, 0.05) is 41.3 Å². The number of fused-ring (bicyclic) bond motifs is 2. The highest BCUT2D eigenvalue weighted by atomic mass is 79.9. The molecule has 4 rings (SSSR count). The van der Waals surface area contributed by atoms with E-state index in [-0.39, 0.29) is 6.04 Å². The van der Waals surface area contributed by atoms with Crippen molar-refractivity contribution in [2.45, 2.75) is 25.8 Å². The van der Waals surface area contributed by atoms with Crippen LogP contribution in [0.25, 0.3) is 0 Å². The molecule has 2 aliphatic rings. The molecule has 5 heteroatoms. The van der Waals surface area contributed by atoms with Gasteiger partial charge in [0.05, 0.1) is 11.7 Å².